The second-order valence-corrected chi connectivity index (χ2v) is 5.34. The molecule has 0 saturated carbocycles. The van der Waals surface area contributed by atoms with Crippen LogP contribution < -0.4 is 0 Å². The van der Waals surface area contributed by atoms with Crippen LogP contribution in [0.25, 0.3) is 0 Å². The number of aliphatic carboxylic acids is 1. The van der Waals surface area contributed by atoms with Gasteiger partial charge in [-0.2, -0.15) is 0 Å². The zero-order chi connectivity index (χ0) is 13.2. The van der Waals surface area contributed by atoms with Gasteiger partial charge in [-0.25, -0.2) is 4.79 Å². The average molecular weight is 270 g/mol. The van der Waals surface area contributed by atoms with Crippen LogP contribution in [0.4, 0.5) is 0 Å². The smallest absolute Gasteiger partial charge is 0.329 e. The van der Waals surface area contributed by atoms with Crippen molar-refractivity contribution in [3.8, 4) is 0 Å². The number of hydrogen-bond donors (Lipinski definition) is 1. The zero-order valence-electron chi connectivity index (χ0n) is 10.2. The molecule has 0 atom stereocenters. The summed E-state index contributed by atoms with van der Waals surface area (Å²) >= 11 is 5.82. The van der Waals surface area contributed by atoms with Gasteiger partial charge < -0.3 is 9.84 Å². The predicted octanol–water partition coefficient (Wildman–Crippen LogP) is 2.02. The van der Waals surface area contributed by atoms with Gasteiger partial charge in [-0.15, -0.1) is 0 Å². The zero-order valence-corrected chi connectivity index (χ0v) is 11.0. The molecule has 1 aromatic carbocycles. The fourth-order valence-electron chi connectivity index (χ4n) is 2.19. The summed E-state index contributed by atoms with van der Waals surface area (Å²) < 4.78 is 5.35. The van der Waals surface area contributed by atoms with Crippen LogP contribution in [0.15, 0.2) is 24.3 Å². The monoisotopic (exact) mass is 269 g/mol. The molecule has 1 heterocycles. The Bertz CT molecular complexity index is 426. The molecule has 0 aromatic heterocycles. The van der Waals surface area contributed by atoms with Crippen molar-refractivity contribution < 1.29 is 14.6 Å². The largest absolute Gasteiger partial charge is 0.480 e. The van der Waals surface area contributed by atoms with E-state index in [1.165, 1.54) is 5.56 Å². The molecular formula is C13H16ClNO3. The third-order valence-electron chi connectivity index (χ3n) is 2.98. The van der Waals surface area contributed by atoms with Gasteiger partial charge in [0.05, 0.1) is 5.60 Å². The van der Waals surface area contributed by atoms with E-state index in [2.05, 4.69) is 4.90 Å². The highest BCUT2D eigenvalue weighted by molar-refractivity contribution is 6.30. The summed E-state index contributed by atoms with van der Waals surface area (Å²) in [6.45, 7) is 4.05. The first-order valence-corrected chi connectivity index (χ1v) is 6.17. The Balaban J connectivity index is 1.78. The van der Waals surface area contributed by atoms with E-state index >= 15 is 0 Å². The molecule has 1 aromatic rings. The number of halogens is 1. The van der Waals surface area contributed by atoms with Crippen molar-refractivity contribution in [2.75, 3.05) is 19.7 Å². The van der Waals surface area contributed by atoms with E-state index in [1.807, 2.05) is 31.2 Å². The summed E-state index contributed by atoms with van der Waals surface area (Å²) in [7, 11) is 0. The maximum absolute atomic E-state index is 10.4. The predicted molar refractivity (Wildman–Crippen MR) is 68.7 cm³/mol. The summed E-state index contributed by atoms with van der Waals surface area (Å²) in [5.74, 6) is -0.924. The third-order valence-corrected chi connectivity index (χ3v) is 3.23. The van der Waals surface area contributed by atoms with E-state index in [-0.39, 0.29) is 12.2 Å². The highest BCUT2D eigenvalue weighted by atomic mass is 35.5. The van der Waals surface area contributed by atoms with Crippen molar-refractivity contribution >= 4 is 17.6 Å². The fraction of sp³-hybridized carbons (Fsp3) is 0.462. The van der Waals surface area contributed by atoms with Crippen LogP contribution in [0, 0.1) is 0 Å². The van der Waals surface area contributed by atoms with Crippen LogP contribution >= 0.6 is 11.6 Å². The summed E-state index contributed by atoms with van der Waals surface area (Å²) in [6, 6.07) is 7.74. The molecule has 1 aliphatic heterocycles. The van der Waals surface area contributed by atoms with Crippen LogP contribution in [0.2, 0.25) is 5.02 Å². The number of ether oxygens (including phenoxy) is 1. The minimum Gasteiger partial charge on any atom is -0.480 e. The van der Waals surface area contributed by atoms with E-state index in [1.54, 1.807) is 0 Å². The number of benzene rings is 1. The minimum absolute atomic E-state index is 0.231. The summed E-state index contributed by atoms with van der Waals surface area (Å²) in [5, 5.41) is 9.31. The van der Waals surface area contributed by atoms with Crippen molar-refractivity contribution in [2.24, 2.45) is 0 Å². The third kappa shape index (κ3) is 3.45. The number of nitrogens with zero attached hydrogens (tertiary/aromatic N) is 1. The number of carbonyl (C=O) groups is 1. The van der Waals surface area contributed by atoms with Crippen molar-refractivity contribution in [2.45, 2.75) is 19.1 Å². The van der Waals surface area contributed by atoms with Gasteiger partial charge in [0.15, 0.2) is 0 Å². The number of rotatable bonds is 5. The van der Waals surface area contributed by atoms with Gasteiger partial charge in [0.25, 0.3) is 0 Å². The minimum atomic E-state index is -0.924. The first-order valence-electron chi connectivity index (χ1n) is 5.79. The SMILES string of the molecule is CC1(OCC(=O)O)CN(Cc2ccc(Cl)cc2)C1. The van der Waals surface area contributed by atoms with E-state index in [9.17, 15) is 4.79 Å². The molecule has 0 amide bonds. The molecule has 0 unspecified atom stereocenters. The van der Waals surface area contributed by atoms with E-state index < -0.39 is 5.97 Å². The van der Waals surface area contributed by atoms with E-state index in [0.29, 0.717) is 0 Å². The Morgan fingerprint density at radius 2 is 2.06 bits per heavy atom. The first kappa shape index (κ1) is 13.3. The molecule has 4 nitrogen and oxygen atoms in total. The highest BCUT2D eigenvalue weighted by Gasteiger charge is 2.39. The normalized spacial score (nSPS) is 18.3. The van der Waals surface area contributed by atoms with Crippen molar-refractivity contribution in [3.05, 3.63) is 34.9 Å². The standard InChI is InChI=1S/C13H16ClNO3/c1-13(18-7-12(16)17)8-15(9-13)6-10-2-4-11(14)5-3-10/h2-5H,6-9H2,1H3,(H,16,17). The Labute approximate surface area is 111 Å². The molecule has 0 bridgehead atoms. The van der Waals surface area contributed by atoms with Crippen molar-refractivity contribution in [1.29, 1.82) is 0 Å². The lowest BCUT2D eigenvalue weighted by molar-refractivity contribution is -0.165. The summed E-state index contributed by atoms with van der Waals surface area (Å²) in [5.41, 5.74) is 0.866. The molecule has 18 heavy (non-hydrogen) atoms. The van der Waals surface area contributed by atoms with Crippen molar-refractivity contribution in [3.63, 3.8) is 0 Å². The van der Waals surface area contributed by atoms with E-state index in [0.717, 1.165) is 24.7 Å². The Kier molecular flexibility index (Phi) is 3.90. The lowest BCUT2D eigenvalue weighted by atomic mass is 9.95. The van der Waals surface area contributed by atoms with Gasteiger partial charge >= 0.3 is 5.97 Å². The lowest BCUT2D eigenvalue weighted by Gasteiger charge is -2.47. The molecule has 1 saturated heterocycles. The molecule has 5 heteroatoms. The van der Waals surface area contributed by atoms with Crippen LogP contribution in [-0.4, -0.2) is 41.3 Å². The Morgan fingerprint density at radius 1 is 1.44 bits per heavy atom. The van der Waals surface area contributed by atoms with Gasteiger partial charge in [0.1, 0.15) is 6.61 Å². The number of carboxylic acid groups (broad SMARTS) is 1. The molecule has 98 valence electrons. The average Bonchev–Trinajstić information content (AvgIpc) is 2.27. The molecule has 1 fully saturated rings. The molecule has 0 spiro atoms. The second-order valence-electron chi connectivity index (χ2n) is 4.90. The van der Waals surface area contributed by atoms with Crippen LogP contribution in [0.3, 0.4) is 0 Å². The summed E-state index contributed by atoms with van der Waals surface area (Å²) in [4.78, 5) is 12.7. The van der Waals surface area contributed by atoms with Gasteiger partial charge in [-0.1, -0.05) is 23.7 Å². The maximum Gasteiger partial charge on any atom is 0.329 e. The maximum atomic E-state index is 10.4. The molecular weight excluding hydrogens is 254 g/mol. The number of likely N-dealkylation sites (tertiary alicyclic amines) is 1. The highest BCUT2D eigenvalue weighted by Crippen LogP contribution is 2.26. The quantitative estimate of drug-likeness (QED) is 0.888. The number of carboxylic acids is 1. The topological polar surface area (TPSA) is 49.8 Å². The molecule has 1 aliphatic rings. The van der Waals surface area contributed by atoms with Gasteiger partial charge in [-0.3, -0.25) is 4.90 Å². The van der Waals surface area contributed by atoms with Gasteiger partial charge in [0, 0.05) is 24.7 Å². The van der Waals surface area contributed by atoms with Gasteiger partial charge in [0.2, 0.25) is 0 Å². The van der Waals surface area contributed by atoms with Gasteiger partial charge in [-0.05, 0) is 24.6 Å². The molecule has 2 rings (SSSR count). The molecule has 1 N–H and O–H groups in total. The first-order chi connectivity index (χ1) is 8.47. The lowest BCUT2D eigenvalue weighted by Crippen LogP contribution is -2.61. The Hall–Kier alpha value is -1.10. The van der Waals surface area contributed by atoms with E-state index in [4.69, 9.17) is 21.4 Å². The fourth-order valence-corrected chi connectivity index (χ4v) is 2.31. The van der Waals surface area contributed by atoms with Crippen molar-refractivity contribution in [1.82, 2.24) is 4.90 Å². The molecule has 0 radical (unpaired) electrons. The van der Waals surface area contributed by atoms with Crippen LogP contribution in [0.1, 0.15) is 12.5 Å². The molecule has 0 aliphatic carbocycles. The summed E-state index contributed by atoms with van der Waals surface area (Å²) in [6.07, 6.45) is 0. The second kappa shape index (κ2) is 5.26. The van der Waals surface area contributed by atoms with Crippen LogP contribution in [0.5, 0.6) is 0 Å². The number of hydrogen-bond acceptors (Lipinski definition) is 3. The Morgan fingerprint density at radius 3 is 2.61 bits per heavy atom. The van der Waals surface area contributed by atoms with Crippen LogP contribution in [-0.2, 0) is 16.1 Å².